The Kier molecular flexibility index (Phi) is 89.8. The highest BCUT2D eigenvalue weighted by atomic mass is 16.5. The lowest BCUT2D eigenvalue weighted by molar-refractivity contribution is -0.144. The summed E-state index contributed by atoms with van der Waals surface area (Å²) in [6, 6.07) is 0. The first-order valence-electron chi connectivity index (χ1n) is 21.5. The standard InChI is InChI=1S/C7H16O.2C6H12O3.C5H10O3.C5H10O2.2C5H12O2.C4H10O/c1-3-5-7-8-6-4-2;1-5(9)2-6(3-7)4-8;1-5(8)2-3-6(9)4-7;1-2-5(7)8-4-3-6;1-5(7)3-2-4-6;1-2-5(3-6)4-7;1-2-3-5(7)4-6;1-2-3-4-5/h3-7H2,1-2H3;6-8H,2-4H2,1H3;6-7,9H,2-4H2,1H3;6H,2-4H2,1H3;6H,2-4H2,1H3;2*5-7H,2-4H2,1H3;5H,2-4H2,1H3. The summed E-state index contributed by atoms with van der Waals surface area (Å²) in [6.45, 7) is 18.4. The molecule has 0 aromatic heterocycles. The third-order valence-electron chi connectivity index (χ3n) is 6.89. The van der Waals surface area contributed by atoms with Crippen LogP contribution in [-0.4, -0.2) is 171 Å². The fourth-order valence-corrected chi connectivity index (χ4v) is 3.04. The predicted molar refractivity (Wildman–Crippen MR) is 235 cm³/mol. The molecule has 368 valence electrons. The molecule has 0 aliphatic rings. The molecular weight excluding hydrogens is 788 g/mol. The van der Waals surface area contributed by atoms with Crippen LogP contribution in [0.4, 0.5) is 0 Å². The average Bonchev–Trinajstić information content (AvgIpc) is 3.24. The summed E-state index contributed by atoms with van der Waals surface area (Å²) in [5.74, 6) is -0.235. The summed E-state index contributed by atoms with van der Waals surface area (Å²) >= 11 is 0. The van der Waals surface area contributed by atoms with Crippen molar-refractivity contribution in [1.82, 2.24) is 0 Å². The molecule has 0 heterocycles. The fraction of sp³-hybridized carbons (Fsp3) is 0.907. The molecule has 0 spiro atoms. The van der Waals surface area contributed by atoms with Crippen LogP contribution in [0, 0.1) is 11.8 Å². The number of rotatable bonds is 27. The van der Waals surface area contributed by atoms with Crippen LogP contribution in [0.1, 0.15) is 152 Å². The number of ketones is 3. The van der Waals surface area contributed by atoms with Crippen LogP contribution in [0.15, 0.2) is 0 Å². The number of aliphatic hydroxyl groups excluding tert-OH is 11. The second-order valence-electron chi connectivity index (χ2n) is 13.3. The van der Waals surface area contributed by atoms with E-state index in [4.69, 9.17) is 60.9 Å². The van der Waals surface area contributed by atoms with Crippen LogP contribution in [0.5, 0.6) is 0 Å². The Morgan fingerprint density at radius 2 is 0.933 bits per heavy atom. The maximum atomic E-state index is 10.3. The van der Waals surface area contributed by atoms with E-state index < -0.39 is 12.2 Å². The highest BCUT2D eigenvalue weighted by Crippen LogP contribution is 2.00. The number of carbonyl (C=O) groups is 4. The minimum absolute atomic E-state index is 0.00287. The molecule has 17 heteroatoms. The number of esters is 1. The molecule has 2 atom stereocenters. The monoisotopic (exact) mass is 883 g/mol. The lowest BCUT2D eigenvalue weighted by atomic mass is 10.1. The van der Waals surface area contributed by atoms with Gasteiger partial charge in [-0.3, -0.25) is 4.79 Å². The molecule has 0 fully saturated rings. The van der Waals surface area contributed by atoms with Gasteiger partial charge in [-0.05, 0) is 65.7 Å². The van der Waals surface area contributed by atoms with Crippen LogP contribution in [-0.2, 0) is 28.7 Å². The van der Waals surface area contributed by atoms with Crippen molar-refractivity contribution in [2.75, 3.05) is 79.3 Å². The van der Waals surface area contributed by atoms with E-state index in [-0.39, 0.29) is 101 Å². The van der Waals surface area contributed by atoms with E-state index in [1.54, 1.807) is 6.92 Å². The number of Topliss-reactive ketones (excluding diaryl/α,β-unsaturated/α-hetero) is 3. The topological polar surface area (TPSA) is 309 Å². The molecule has 0 bridgehead atoms. The van der Waals surface area contributed by atoms with E-state index in [9.17, 15) is 19.2 Å². The fourth-order valence-electron chi connectivity index (χ4n) is 3.04. The number of hydrogen-bond donors (Lipinski definition) is 11. The molecule has 0 saturated heterocycles. The van der Waals surface area contributed by atoms with E-state index in [0.29, 0.717) is 45.1 Å². The molecule has 0 aromatic carbocycles. The molecule has 0 aliphatic heterocycles. The van der Waals surface area contributed by atoms with Crippen molar-refractivity contribution < 1.29 is 84.8 Å². The van der Waals surface area contributed by atoms with Crippen molar-refractivity contribution in [3.05, 3.63) is 0 Å². The molecule has 0 rings (SSSR count). The minimum atomic E-state index is -0.728. The lowest BCUT2D eigenvalue weighted by Crippen LogP contribution is -2.14. The Morgan fingerprint density at radius 3 is 1.15 bits per heavy atom. The minimum Gasteiger partial charge on any atom is -0.463 e. The number of ether oxygens (including phenoxy) is 2. The van der Waals surface area contributed by atoms with Crippen molar-refractivity contribution in [2.24, 2.45) is 11.8 Å². The van der Waals surface area contributed by atoms with Gasteiger partial charge in [-0.2, -0.15) is 0 Å². The molecule has 11 N–H and O–H groups in total. The third kappa shape index (κ3) is 101. The van der Waals surface area contributed by atoms with Gasteiger partial charge in [0.15, 0.2) is 0 Å². The molecule has 60 heavy (non-hydrogen) atoms. The van der Waals surface area contributed by atoms with E-state index in [1.165, 1.54) is 33.6 Å². The zero-order valence-corrected chi connectivity index (χ0v) is 39.1. The quantitative estimate of drug-likeness (QED) is 0.0417. The van der Waals surface area contributed by atoms with Crippen molar-refractivity contribution in [3.8, 4) is 0 Å². The van der Waals surface area contributed by atoms with E-state index in [2.05, 4.69) is 25.5 Å². The largest absolute Gasteiger partial charge is 0.463 e. The third-order valence-corrected chi connectivity index (χ3v) is 6.89. The Hall–Kier alpha value is -2.00. The Morgan fingerprint density at radius 1 is 0.467 bits per heavy atom. The maximum absolute atomic E-state index is 10.3. The summed E-state index contributed by atoms with van der Waals surface area (Å²) in [5.41, 5.74) is 0. The van der Waals surface area contributed by atoms with E-state index in [1.807, 2.05) is 13.8 Å². The first-order chi connectivity index (χ1) is 28.4. The predicted octanol–water partition coefficient (Wildman–Crippen LogP) is 2.68. The smallest absolute Gasteiger partial charge is 0.305 e. The Balaban J connectivity index is -0.0000000863. The normalized spacial score (nSPS) is 10.6. The van der Waals surface area contributed by atoms with E-state index >= 15 is 0 Å². The van der Waals surface area contributed by atoms with Crippen molar-refractivity contribution in [3.63, 3.8) is 0 Å². The van der Waals surface area contributed by atoms with Gasteiger partial charge in [0, 0.05) is 90.4 Å². The summed E-state index contributed by atoms with van der Waals surface area (Å²) in [4.78, 5) is 40.9. The lowest BCUT2D eigenvalue weighted by Gasteiger charge is -2.05. The number of carbonyl (C=O) groups excluding carboxylic acids is 4. The summed E-state index contributed by atoms with van der Waals surface area (Å²) < 4.78 is 9.67. The highest BCUT2D eigenvalue weighted by molar-refractivity contribution is 5.76. The zero-order chi connectivity index (χ0) is 48.4. The number of hydrogen-bond acceptors (Lipinski definition) is 17. The second-order valence-corrected chi connectivity index (χ2v) is 13.3. The number of aliphatic hydroxyl groups is 11. The SMILES string of the molecule is CC(=O)CC(CO)CO.CC(=O)CCC(O)CO.CC(=O)CCCO.CCC(=O)OCCO.CCC(CO)CO.CCCC(O)CO.CCCCO.CCCCOCCC. The van der Waals surface area contributed by atoms with Gasteiger partial charge in [-0.25, -0.2) is 0 Å². The van der Waals surface area contributed by atoms with Gasteiger partial charge < -0.3 is 80.0 Å². The van der Waals surface area contributed by atoms with Crippen LogP contribution in [0.3, 0.4) is 0 Å². The van der Waals surface area contributed by atoms with Crippen LogP contribution >= 0.6 is 0 Å². The first-order valence-corrected chi connectivity index (χ1v) is 21.5. The van der Waals surface area contributed by atoms with Crippen molar-refractivity contribution >= 4 is 23.3 Å². The molecule has 2 unspecified atom stereocenters. The van der Waals surface area contributed by atoms with Crippen molar-refractivity contribution in [1.29, 1.82) is 0 Å². The molecule has 0 amide bonds. The number of unbranched alkanes of at least 4 members (excludes halogenated alkanes) is 2. The molecule has 0 aliphatic carbocycles. The van der Waals surface area contributed by atoms with E-state index in [0.717, 1.165) is 45.3 Å². The van der Waals surface area contributed by atoms with Crippen LogP contribution < -0.4 is 0 Å². The van der Waals surface area contributed by atoms with Crippen molar-refractivity contribution in [2.45, 2.75) is 164 Å². The second kappa shape index (κ2) is 71.5. The van der Waals surface area contributed by atoms with Crippen LogP contribution in [0.2, 0.25) is 0 Å². The first kappa shape index (κ1) is 75.4. The van der Waals surface area contributed by atoms with Gasteiger partial charge in [0.2, 0.25) is 0 Å². The molecule has 0 radical (unpaired) electrons. The highest BCUT2D eigenvalue weighted by Gasteiger charge is 2.07. The molecule has 17 nitrogen and oxygen atoms in total. The van der Waals surface area contributed by atoms with Gasteiger partial charge in [-0.1, -0.05) is 60.8 Å². The van der Waals surface area contributed by atoms with Gasteiger partial charge in [0.05, 0.1) is 32.0 Å². The zero-order valence-electron chi connectivity index (χ0n) is 39.1. The van der Waals surface area contributed by atoms with Gasteiger partial charge in [0.1, 0.15) is 24.0 Å². The summed E-state index contributed by atoms with van der Waals surface area (Å²) in [5, 5.41) is 91.8. The average molecular weight is 883 g/mol. The summed E-state index contributed by atoms with van der Waals surface area (Å²) in [6.07, 6.45) is 9.38. The molecule has 0 saturated carbocycles. The Labute approximate surface area is 363 Å². The Bertz CT molecular complexity index is 782. The van der Waals surface area contributed by atoms with Gasteiger partial charge in [-0.15, -0.1) is 0 Å². The van der Waals surface area contributed by atoms with Gasteiger partial charge in [0.25, 0.3) is 0 Å². The molecular formula is C43H94O17. The van der Waals surface area contributed by atoms with Gasteiger partial charge >= 0.3 is 5.97 Å². The molecule has 0 aromatic rings. The maximum Gasteiger partial charge on any atom is 0.305 e. The summed E-state index contributed by atoms with van der Waals surface area (Å²) in [7, 11) is 0. The van der Waals surface area contributed by atoms with Crippen LogP contribution in [0.25, 0.3) is 0 Å².